The van der Waals surface area contributed by atoms with E-state index >= 15 is 0 Å². The molecule has 2 saturated carbocycles. The van der Waals surface area contributed by atoms with Crippen LogP contribution in [0, 0.1) is 22.0 Å². The monoisotopic (exact) mass is 500 g/mol. The Labute approximate surface area is 211 Å². The lowest BCUT2D eigenvalue weighted by atomic mass is 9.77. The highest BCUT2D eigenvalue weighted by Gasteiger charge is 2.50. The molecule has 1 aromatic rings. The van der Waals surface area contributed by atoms with Gasteiger partial charge < -0.3 is 14.7 Å². The first-order chi connectivity index (χ1) is 17.0. The van der Waals surface area contributed by atoms with Gasteiger partial charge in [0.1, 0.15) is 5.70 Å². The normalized spacial score (nSPS) is 26.2. The molecule has 2 atom stereocenters. The Bertz CT molecular complexity index is 964. The highest BCUT2D eigenvalue weighted by atomic mass is 32.1. The number of rotatable bonds is 6. The summed E-state index contributed by atoms with van der Waals surface area (Å²) in [5.41, 5.74) is 0.427. The Morgan fingerprint density at radius 2 is 1.74 bits per heavy atom. The Hall–Kier alpha value is -2.42. The molecule has 1 aromatic heterocycles. The van der Waals surface area contributed by atoms with Crippen molar-refractivity contribution in [3.05, 3.63) is 43.9 Å². The number of nitro groups is 1. The summed E-state index contributed by atoms with van der Waals surface area (Å²) in [6.07, 6.45) is 11.1. The number of carbonyl (C=O) groups excluding carboxylic acids is 2. The summed E-state index contributed by atoms with van der Waals surface area (Å²) in [7, 11) is 0. The molecule has 0 aromatic carbocycles. The van der Waals surface area contributed by atoms with Crippen LogP contribution in [-0.4, -0.2) is 70.2 Å². The molecule has 190 valence electrons. The average molecular weight is 501 g/mol. The van der Waals surface area contributed by atoms with E-state index in [1.54, 1.807) is 0 Å². The van der Waals surface area contributed by atoms with E-state index in [0.717, 1.165) is 37.0 Å². The van der Waals surface area contributed by atoms with Crippen molar-refractivity contribution < 1.29 is 14.5 Å². The van der Waals surface area contributed by atoms with E-state index < -0.39 is 4.92 Å². The molecule has 0 N–H and O–H groups in total. The number of piperazine rings is 1. The van der Waals surface area contributed by atoms with Crippen LogP contribution in [0.25, 0.3) is 0 Å². The maximum absolute atomic E-state index is 13.6. The largest absolute Gasteiger partial charge is 0.365 e. The minimum absolute atomic E-state index is 0.0206. The molecule has 2 amide bonds. The fourth-order valence-corrected chi connectivity index (χ4v) is 7.39. The highest BCUT2D eigenvalue weighted by molar-refractivity contribution is 7.12. The lowest BCUT2D eigenvalue weighted by Gasteiger charge is -2.48. The Balaban J connectivity index is 1.35. The third-order valence-corrected chi connectivity index (χ3v) is 9.37. The fraction of sp³-hybridized carbons (Fsp3) is 0.692. The van der Waals surface area contributed by atoms with Crippen LogP contribution in [-0.2, 0) is 4.79 Å². The molecule has 0 spiro atoms. The predicted octanol–water partition coefficient (Wildman–Crippen LogP) is 4.37. The second-order valence-corrected chi connectivity index (χ2v) is 11.4. The molecule has 0 bridgehead atoms. The van der Waals surface area contributed by atoms with Crippen LogP contribution in [0.3, 0.4) is 0 Å². The minimum atomic E-state index is -0.431. The van der Waals surface area contributed by atoms with Gasteiger partial charge in [-0.1, -0.05) is 51.0 Å². The maximum atomic E-state index is 13.6. The zero-order chi connectivity index (χ0) is 24.4. The van der Waals surface area contributed by atoms with Gasteiger partial charge in [-0.05, 0) is 36.6 Å². The van der Waals surface area contributed by atoms with Crippen LogP contribution < -0.4 is 0 Å². The van der Waals surface area contributed by atoms with Crippen LogP contribution >= 0.6 is 11.3 Å². The molecule has 3 heterocycles. The van der Waals surface area contributed by atoms with Crippen molar-refractivity contribution in [1.82, 2.24) is 14.7 Å². The van der Waals surface area contributed by atoms with Gasteiger partial charge in [0.15, 0.2) is 0 Å². The summed E-state index contributed by atoms with van der Waals surface area (Å²) in [6, 6.07) is 3.77. The van der Waals surface area contributed by atoms with Crippen molar-refractivity contribution in [2.24, 2.45) is 11.8 Å². The second kappa shape index (κ2) is 10.7. The molecule has 1 saturated heterocycles. The van der Waals surface area contributed by atoms with E-state index in [1.807, 2.05) is 27.3 Å². The van der Waals surface area contributed by atoms with E-state index in [0.29, 0.717) is 44.3 Å². The molecule has 4 aliphatic rings. The van der Waals surface area contributed by atoms with E-state index in [-0.39, 0.29) is 29.5 Å². The summed E-state index contributed by atoms with van der Waals surface area (Å²) in [6.45, 7) is 2.73. The predicted molar refractivity (Wildman–Crippen MR) is 134 cm³/mol. The molecular weight excluding hydrogens is 464 g/mol. The van der Waals surface area contributed by atoms with Gasteiger partial charge in [-0.2, -0.15) is 0 Å². The van der Waals surface area contributed by atoms with Crippen molar-refractivity contribution in [2.75, 3.05) is 32.7 Å². The van der Waals surface area contributed by atoms with Crippen molar-refractivity contribution in [1.29, 1.82) is 0 Å². The molecule has 8 nitrogen and oxygen atoms in total. The SMILES string of the molecule is O=C(c1cccs1)N1CCN(C2=C([N+](=O)[O-])C(=O)N(CCC3CCCCC3)C3CCCCC23)CC1. The zero-order valence-electron chi connectivity index (χ0n) is 20.4. The minimum Gasteiger partial charge on any atom is -0.365 e. The van der Waals surface area contributed by atoms with Crippen molar-refractivity contribution in [3.8, 4) is 0 Å². The number of nitrogens with zero attached hydrogens (tertiary/aromatic N) is 4. The van der Waals surface area contributed by atoms with Crippen LogP contribution in [0.4, 0.5) is 0 Å². The molecule has 2 unspecified atom stereocenters. The summed E-state index contributed by atoms with van der Waals surface area (Å²) < 4.78 is 0. The van der Waals surface area contributed by atoms with Gasteiger partial charge in [-0.25, -0.2) is 0 Å². The first-order valence-electron chi connectivity index (χ1n) is 13.3. The van der Waals surface area contributed by atoms with Gasteiger partial charge >= 0.3 is 11.6 Å². The molecule has 9 heteroatoms. The van der Waals surface area contributed by atoms with Crippen LogP contribution in [0.2, 0.25) is 0 Å². The summed E-state index contributed by atoms with van der Waals surface area (Å²) in [4.78, 5) is 44.7. The van der Waals surface area contributed by atoms with E-state index in [9.17, 15) is 19.7 Å². The van der Waals surface area contributed by atoms with E-state index in [1.165, 1.54) is 43.4 Å². The standard InChI is InChI=1S/C26H36N4O4S/c31-25(22-11-6-18-35-22)28-16-14-27(15-17-28)23-20-9-4-5-10-21(20)29(26(32)24(23)30(33)34)13-12-19-7-2-1-3-8-19/h6,11,18-21H,1-5,7-10,12-17H2. The van der Waals surface area contributed by atoms with Gasteiger partial charge in [0, 0.05) is 44.7 Å². The number of thiophene rings is 1. The van der Waals surface area contributed by atoms with E-state index in [4.69, 9.17) is 0 Å². The van der Waals surface area contributed by atoms with Gasteiger partial charge in [0.2, 0.25) is 0 Å². The number of hydrogen-bond acceptors (Lipinski definition) is 6. The molecule has 5 rings (SSSR count). The van der Waals surface area contributed by atoms with Gasteiger partial charge in [0.05, 0.1) is 9.80 Å². The summed E-state index contributed by atoms with van der Waals surface area (Å²) in [5.74, 6) is 0.290. The lowest BCUT2D eigenvalue weighted by molar-refractivity contribution is -0.424. The number of hydrogen-bond donors (Lipinski definition) is 0. The second-order valence-electron chi connectivity index (χ2n) is 10.5. The van der Waals surface area contributed by atoms with Gasteiger partial charge in [0.25, 0.3) is 5.91 Å². The van der Waals surface area contributed by atoms with Gasteiger partial charge in [-0.3, -0.25) is 19.7 Å². The van der Waals surface area contributed by atoms with Crippen LogP contribution in [0.1, 0.15) is 73.9 Å². The lowest BCUT2D eigenvalue weighted by Crippen LogP contribution is -2.57. The van der Waals surface area contributed by atoms with Crippen molar-refractivity contribution in [2.45, 2.75) is 70.3 Å². The summed E-state index contributed by atoms with van der Waals surface area (Å²) >= 11 is 1.43. The van der Waals surface area contributed by atoms with Crippen molar-refractivity contribution >= 4 is 23.2 Å². The molecule has 0 radical (unpaired) electrons. The molecular formula is C26H36N4O4S. The molecule has 2 aliphatic carbocycles. The maximum Gasteiger partial charge on any atom is 0.352 e. The zero-order valence-corrected chi connectivity index (χ0v) is 21.2. The van der Waals surface area contributed by atoms with Gasteiger partial charge in [-0.15, -0.1) is 11.3 Å². The smallest absolute Gasteiger partial charge is 0.352 e. The van der Waals surface area contributed by atoms with Crippen LogP contribution in [0.5, 0.6) is 0 Å². The first-order valence-corrected chi connectivity index (χ1v) is 14.2. The third kappa shape index (κ3) is 4.97. The van der Waals surface area contributed by atoms with Crippen molar-refractivity contribution in [3.63, 3.8) is 0 Å². The number of amides is 2. The molecule has 3 fully saturated rings. The highest BCUT2D eigenvalue weighted by Crippen LogP contribution is 2.42. The number of fused-ring (bicyclic) bond motifs is 1. The molecule has 35 heavy (non-hydrogen) atoms. The Morgan fingerprint density at radius 3 is 2.43 bits per heavy atom. The fourth-order valence-electron chi connectivity index (χ4n) is 6.70. The Kier molecular flexibility index (Phi) is 7.41. The van der Waals surface area contributed by atoms with E-state index in [2.05, 4.69) is 4.90 Å². The number of carbonyl (C=O) groups is 2. The first kappa shape index (κ1) is 24.3. The third-order valence-electron chi connectivity index (χ3n) is 8.51. The quantitative estimate of drug-likeness (QED) is 0.428. The Morgan fingerprint density at radius 1 is 1.03 bits per heavy atom. The topological polar surface area (TPSA) is 87.0 Å². The molecule has 2 aliphatic heterocycles. The average Bonchev–Trinajstić information content (AvgIpc) is 3.43. The summed E-state index contributed by atoms with van der Waals surface area (Å²) in [5, 5.41) is 14.2. The van der Waals surface area contributed by atoms with Crippen LogP contribution in [0.15, 0.2) is 28.9 Å².